The first-order valence-corrected chi connectivity index (χ1v) is 9.38. The van der Waals surface area contributed by atoms with E-state index in [0.29, 0.717) is 5.56 Å². The second kappa shape index (κ2) is 8.04. The Bertz CT molecular complexity index is 799. The van der Waals surface area contributed by atoms with Gasteiger partial charge in [0.25, 0.3) is 5.91 Å². The first-order chi connectivity index (χ1) is 11.3. The Hall–Kier alpha value is -2.23. The van der Waals surface area contributed by atoms with Crippen LogP contribution >= 0.6 is 11.3 Å². The maximum atomic E-state index is 11.6. The molecule has 3 N–H and O–H groups in total. The topological polar surface area (TPSA) is 116 Å². The molecule has 0 aliphatic carbocycles. The van der Waals surface area contributed by atoms with Gasteiger partial charge in [0.2, 0.25) is 10.0 Å². The van der Waals surface area contributed by atoms with Gasteiger partial charge in [0, 0.05) is 6.54 Å². The summed E-state index contributed by atoms with van der Waals surface area (Å²) in [6.07, 6.45) is 0.131. The Kier molecular flexibility index (Phi) is 6.07. The predicted octanol–water partition coefficient (Wildman–Crippen LogP) is 0.798. The van der Waals surface area contributed by atoms with Crippen molar-refractivity contribution < 1.29 is 22.7 Å². The van der Waals surface area contributed by atoms with Crippen LogP contribution < -0.4 is 10.5 Å². The van der Waals surface area contributed by atoms with E-state index >= 15 is 0 Å². The fraction of sp³-hybridized carbons (Fsp3) is 0.200. The van der Waals surface area contributed by atoms with Gasteiger partial charge in [-0.3, -0.25) is 9.59 Å². The van der Waals surface area contributed by atoms with Crippen LogP contribution in [0.25, 0.3) is 0 Å². The lowest BCUT2D eigenvalue weighted by Crippen LogP contribution is -2.28. The summed E-state index contributed by atoms with van der Waals surface area (Å²) in [5, 5.41) is 11.3. The van der Waals surface area contributed by atoms with E-state index in [-0.39, 0.29) is 24.5 Å². The SMILES string of the molecule is NS(=O)(=O)c1ccc(CNC(=O)COC(=O)Cc2ccsc2)cc1. The van der Waals surface area contributed by atoms with Gasteiger partial charge >= 0.3 is 5.97 Å². The van der Waals surface area contributed by atoms with Crippen LogP contribution in [0, 0.1) is 0 Å². The van der Waals surface area contributed by atoms with Gasteiger partial charge in [-0.1, -0.05) is 12.1 Å². The number of hydrogen-bond donors (Lipinski definition) is 2. The number of primary sulfonamides is 1. The second-order valence-electron chi connectivity index (χ2n) is 4.93. The van der Waals surface area contributed by atoms with E-state index in [1.807, 2.05) is 16.8 Å². The van der Waals surface area contributed by atoms with Crippen LogP contribution in [0.4, 0.5) is 0 Å². The van der Waals surface area contributed by atoms with Crippen molar-refractivity contribution in [2.45, 2.75) is 17.9 Å². The molecule has 0 unspecified atom stereocenters. The zero-order valence-corrected chi connectivity index (χ0v) is 14.2. The first-order valence-electron chi connectivity index (χ1n) is 6.90. The molecule has 9 heteroatoms. The summed E-state index contributed by atoms with van der Waals surface area (Å²) in [5.74, 6) is -0.912. The summed E-state index contributed by atoms with van der Waals surface area (Å²) < 4.78 is 27.2. The fourth-order valence-corrected chi connectivity index (χ4v) is 2.99. The van der Waals surface area contributed by atoms with Crippen molar-refractivity contribution in [3.05, 3.63) is 52.2 Å². The molecule has 0 saturated heterocycles. The molecule has 128 valence electrons. The Balaban J connectivity index is 1.74. The van der Waals surface area contributed by atoms with Gasteiger partial charge in [0.15, 0.2) is 6.61 Å². The summed E-state index contributed by atoms with van der Waals surface area (Å²) in [4.78, 5) is 23.2. The number of ether oxygens (including phenoxy) is 1. The molecule has 1 amide bonds. The average molecular weight is 368 g/mol. The normalized spacial score (nSPS) is 11.0. The van der Waals surface area contributed by atoms with Crippen molar-refractivity contribution in [1.82, 2.24) is 5.32 Å². The molecule has 0 saturated carbocycles. The molecule has 2 aromatic rings. The van der Waals surface area contributed by atoms with E-state index < -0.39 is 21.9 Å². The molecule has 0 fully saturated rings. The van der Waals surface area contributed by atoms with Gasteiger partial charge in [-0.05, 0) is 40.1 Å². The van der Waals surface area contributed by atoms with Gasteiger partial charge in [-0.2, -0.15) is 11.3 Å². The lowest BCUT2D eigenvalue weighted by molar-refractivity contribution is -0.147. The van der Waals surface area contributed by atoms with E-state index in [1.165, 1.54) is 23.5 Å². The minimum absolute atomic E-state index is 0.0000584. The smallest absolute Gasteiger partial charge is 0.310 e. The number of nitrogens with one attached hydrogen (secondary N) is 1. The fourth-order valence-electron chi connectivity index (χ4n) is 1.81. The highest BCUT2D eigenvalue weighted by molar-refractivity contribution is 7.89. The van der Waals surface area contributed by atoms with Crippen molar-refractivity contribution >= 4 is 33.2 Å². The van der Waals surface area contributed by atoms with E-state index in [1.54, 1.807) is 12.1 Å². The Morgan fingerprint density at radius 3 is 2.42 bits per heavy atom. The number of benzene rings is 1. The Morgan fingerprint density at radius 1 is 1.12 bits per heavy atom. The molecule has 0 spiro atoms. The minimum Gasteiger partial charge on any atom is -0.455 e. The van der Waals surface area contributed by atoms with Crippen LogP contribution in [0.2, 0.25) is 0 Å². The quantitative estimate of drug-likeness (QED) is 0.701. The number of sulfonamides is 1. The van der Waals surface area contributed by atoms with Crippen molar-refractivity contribution in [2.75, 3.05) is 6.61 Å². The van der Waals surface area contributed by atoms with Crippen LogP contribution in [0.1, 0.15) is 11.1 Å². The number of thiophene rings is 1. The number of esters is 1. The van der Waals surface area contributed by atoms with Gasteiger partial charge in [0.1, 0.15) is 0 Å². The summed E-state index contributed by atoms with van der Waals surface area (Å²) >= 11 is 1.48. The van der Waals surface area contributed by atoms with Crippen LogP contribution in [-0.4, -0.2) is 26.9 Å². The third-order valence-corrected chi connectivity index (χ3v) is 4.70. The molecule has 7 nitrogen and oxygen atoms in total. The number of carbonyl (C=O) groups is 2. The van der Waals surface area contributed by atoms with E-state index in [4.69, 9.17) is 9.88 Å². The summed E-state index contributed by atoms with van der Waals surface area (Å²) in [7, 11) is -3.73. The van der Waals surface area contributed by atoms with Gasteiger partial charge in [0.05, 0.1) is 11.3 Å². The highest BCUT2D eigenvalue weighted by Crippen LogP contribution is 2.09. The number of nitrogens with two attached hydrogens (primary N) is 1. The predicted molar refractivity (Wildman–Crippen MR) is 88.6 cm³/mol. The summed E-state index contributed by atoms with van der Waals surface area (Å²) in [5.41, 5.74) is 1.54. The number of carbonyl (C=O) groups excluding carboxylic acids is 2. The third kappa shape index (κ3) is 5.76. The number of rotatable bonds is 7. The van der Waals surface area contributed by atoms with Crippen molar-refractivity contribution in [2.24, 2.45) is 5.14 Å². The lowest BCUT2D eigenvalue weighted by atomic mass is 10.2. The molecule has 24 heavy (non-hydrogen) atoms. The van der Waals surface area contributed by atoms with Gasteiger partial charge in [-0.25, -0.2) is 13.6 Å². The average Bonchev–Trinajstić information content (AvgIpc) is 3.03. The summed E-state index contributed by atoms with van der Waals surface area (Å²) in [6.45, 7) is -0.177. The molecule has 1 heterocycles. The largest absolute Gasteiger partial charge is 0.455 e. The van der Waals surface area contributed by atoms with E-state index in [9.17, 15) is 18.0 Å². The van der Waals surface area contributed by atoms with E-state index in [0.717, 1.165) is 5.56 Å². The Morgan fingerprint density at radius 2 is 1.83 bits per heavy atom. The number of amides is 1. The van der Waals surface area contributed by atoms with Gasteiger partial charge in [-0.15, -0.1) is 0 Å². The maximum Gasteiger partial charge on any atom is 0.310 e. The highest BCUT2D eigenvalue weighted by atomic mass is 32.2. The van der Waals surface area contributed by atoms with Crippen molar-refractivity contribution in [3.63, 3.8) is 0 Å². The minimum atomic E-state index is -3.73. The molecule has 2 rings (SSSR count). The standard InChI is InChI=1S/C15H16N2O5S2/c16-24(20,21)13-3-1-11(2-4-13)8-17-14(18)9-22-15(19)7-12-5-6-23-10-12/h1-6,10H,7-9H2,(H,17,18)(H2,16,20,21). The zero-order chi connectivity index (χ0) is 17.6. The molecule has 0 radical (unpaired) electrons. The highest BCUT2D eigenvalue weighted by Gasteiger charge is 2.10. The number of hydrogen-bond acceptors (Lipinski definition) is 6. The first kappa shape index (κ1) is 18.1. The second-order valence-corrected chi connectivity index (χ2v) is 7.28. The van der Waals surface area contributed by atoms with Crippen LogP contribution in [0.3, 0.4) is 0 Å². The molecule has 0 atom stereocenters. The molecule has 0 aliphatic rings. The Labute approximate surface area is 143 Å². The zero-order valence-electron chi connectivity index (χ0n) is 12.6. The van der Waals surface area contributed by atoms with Crippen LogP contribution in [-0.2, 0) is 37.3 Å². The summed E-state index contributed by atoms with van der Waals surface area (Å²) in [6, 6.07) is 7.62. The molecule has 1 aromatic carbocycles. The molecular formula is C15H16N2O5S2. The van der Waals surface area contributed by atoms with Crippen molar-refractivity contribution in [1.29, 1.82) is 0 Å². The molecule has 0 aliphatic heterocycles. The van der Waals surface area contributed by atoms with Crippen LogP contribution in [0.15, 0.2) is 46.0 Å². The maximum absolute atomic E-state index is 11.6. The van der Waals surface area contributed by atoms with Gasteiger partial charge < -0.3 is 10.1 Å². The lowest BCUT2D eigenvalue weighted by Gasteiger charge is -2.07. The van der Waals surface area contributed by atoms with Crippen LogP contribution in [0.5, 0.6) is 0 Å². The molecule has 0 bridgehead atoms. The van der Waals surface area contributed by atoms with Crippen molar-refractivity contribution in [3.8, 4) is 0 Å². The van der Waals surface area contributed by atoms with E-state index in [2.05, 4.69) is 5.32 Å². The molecular weight excluding hydrogens is 352 g/mol. The monoisotopic (exact) mass is 368 g/mol. The third-order valence-electron chi connectivity index (χ3n) is 3.03. The molecule has 1 aromatic heterocycles.